The summed E-state index contributed by atoms with van der Waals surface area (Å²) in [6, 6.07) is 5.51. The van der Waals surface area contributed by atoms with Crippen LogP contribution < -0.4 is 11.1 Å². The van der Waals surface area contributed by atoms with E-state index >= 15 is 0 Å². The van der Waals surface area contributed by atoms with E-state index in [1.807, 2.05) is 31.4 Å². The summed E-state index contributed by atoms with van der Waals surface area (Å²) in [4.78, 5) is 16.6. The van der Waals surface area contributed by atoms with Crippen LogP contribution in [0.2, 0.25) is 0 Å². The van der Waals surface area contributed by atoms with Crippen molar-refractivity contribution in [1.29, 1.82) is 0 Å². The van der Waals surface area contributed by atoms with Crippen LogP contribution in [-0.2, 0) is 6.54 Å². The van der Waals surface area contributed by atoms with Gasteiger partial charge in [-0.15, -0.1) is 11.3 Å². The maximum absolute atomic E-state index is 12.3. The second-order valence-corrected chi connectivity index (χ2v) is 5.59. The number of nitrogens with two attached hydrogens (primary N) is 1. The Morgan fingerprint density at radius 2 is 2.24 bits per heavy atom. The molecule has 0 aliphatic rings. The fraction of sp³-hybridized carbons (Fsp3) is 0.250. The van der Waals surface area contributed by atoms with Crippen molar-refractivity contribution < 1.29 is 4.79 Å². The fourth-order valence-electron chi connectivity index (χ4n) is 1.92. The minimum Gasteiger partial charge on any atom is -0.346 e. The van der Waals surface area contributed by atoms with Crippen molar-refractivity contribution in [3.63, 3.8) is 0 Å². The number of carbonyl (C=O) groups excluding carboxylic acids is 1. The standard InChI is InChI=1S/C16H17N3OS/c1-11-13(6-4-8-17)5-3-7-15(11)16(20)18-9-14-10-21-12(2)19-14/h3,5,7,10H,8-9,17H2,1-2H3,(H,18,20). The Labute approximate surface area is 128 Å². The van der Waals surface area contributed by atoms with Gasteiger partial charge in [0.15, 0.2) is 0 Å². The van der Waals surface area contributed by atoms with E-state index in [-0.39, 0.29) is 5.91 Å². The number of rotatable bonds is 3. The van der Waals surface area contributed by atoms with Gasteiger partial charge in [-0.25, -0.2) is 4.98 Å². The van der Waals surface area contributed by atoms with Crippen LogP contribution in [0.3, 0.4) is 0 Å². The molecule has 1 amide bonds. The van der Waals surface area contributed by atoms with Crippen LogP contribution in [0.1, 0.15) is 32.2 Å². The van der Waals surface area contributed by atoms with Gasteiger partial charge >= 0.3 is 0 Å². The third kappa shape index (κ3) is 3.91. The highest BCUT2D eigenvalue weighted by atomic mass is 32.1. The molecule has 0 unspecified atom stereocenters. The molecule has 5 heteroatoms. The summed E-state index contributed by atoms with van der Waals surface area (Å²) in [5, 5.41) is 5.83. The molecule has 0 aliphatic heterocycles. The summed E-state index contributed by atoms with van der Waals surface area (Å²) in [6.07, 6.45) is 0. The molecule has 2 aromatic rings. The van der Waals surface area contributed by atoms with Gasteiger partial charge in [0.25, 0.3) is 5.91 Å². The van der Waals surface area contributed by atoms with Gasteiger partial charge in [0.1, 0.15) is 0 Å². The van der Waals surface area contributed by atoms with Crippen LogP contribution in [0, 0.1) is 25.7 Å². The van der Waals surface area contributed by atoms with E-state index in [1.165, 1.54) is 0 Å². The molecule has 0 atom stereocenters. The molecule has 108 valence electrons. The highest BCUT2D eigenvalue weighted by molar-refractivity contribution is 7.09. The third-order valence-corrected chi connectivity index (χ3v) is 3.82. The number of carbonyl (C=O) groups is 1. The lowest BCUT2D eigenvalue weighted by atomic mass is 10.0. The zero-order valence-electron chi connectivity index (χ0n) is 12.1. The number of aryl methyl sites for hydroxylation is 1. The molecular weight excluding hydrogens is 282 g/mol. The first-order valence-electron chi connectivity index (χ1n) is 6.59. The number of thiazole rings is 1. The maximum Gasteiger partial charge on any atom is 0.251 e. The van der Waals surface area contributed by atoms with Crippen molar-refractivity contribution in [3.8, 4) is 11.8 Å². The molecule has 1 heterocycles. The Hall–Kier alpha value is -2.16. The predicted octanol–water partition coefficient (Wildman–Crippen LogP) is 2.00. The van der Waals surface area contributed by atoms with Crippen LogP contribution in [0.5, 0.6) is 0 Å². The molecule has 4 nitrogen and oxygen atoms in total. The quantitative estimate of drug-likeness (QED) is 0.852. The second kappa shape index (κ2) is 7.02. The van der Waals surface area contributed by atoms with Gasteiger partial charge in [0.2, 0.25) is 0 Å². The van der Waals surface area contributed by atoms with E-state index in [0.29, 0.717) is 18.7 Å². The van der Waals surface area contributed by atoms with E-state index in [2.05, 4.69) is 22.1 Å². The van der Waals surface area contributed by atoms with Crippen molar-refractivity contribution in [2.24, 2.45) is 5.73 Å². The van der Waals surface area contributed by atoms with E-state index < -0.39 is 0 Å². The van der Waals surface area contributed by atoms with Gasteiger partial charge < -0.3 is 11.1 Å². The first-order valence-corrected chi connectivity index (χ1v) is 7.47. The molecule has 0 aliphatic carbocycles. The van der Waals surface area contributed by atoms with Crippen LogP contribution in [0.4, 0.5) is 0 Å². The van der Waals surface area contributed by atoms with Crippen molar-refractivity contribution in [2.75, 3.05) is 6.54 Å². The van der Waals surface area contributed by atoms with Crippen molar-refractivity contribution in [2.45, 2.75) is 20.4 Å². The predicted molar refractivity (Wildman–Crippen MR) is 85.1 cm³/mol. The maximum atomic E-state index is 12.3. The number of benzene rings is 1. The molecule has 0 fully saturated rings. The van der Waals surface area contributed by atoms with E-state index in [4.69, 9.17) is 5.73 Å². The molecular formula is C16H17N3OS. The first kappa shape index (κ1) is 15.2. The van der Waals surface area contributed by atoms with Gasteiger partial charge in [0, 0.05) is 16.5 Å². The smallest absolute Gasteiger partial charge is 0.251 e. The van der Waals surface area contributed by atoms with Crippen LogP contribution >= 0.6 is 11.3 Å². The number of amides is 1. The van der Waals surface area contributed by atoms with Crippen molar-refractivity contribution in [1.82, 2.24) is 10.3 Å². The molecule has 1 aromatic carbocycles. The van der Waals surface area contributed by atoms with Gasteiger partial charge in [-0.05, 0) is 31.5 Å². The van der Waals surface area contributed by atoms with E-state index in [1.54, 1.807) is 17.4 Å². The Morgan fingerprint density at radius 1 is 1.43 bits per heavy atom. The number of nitrogens with zero attached hydrogens (tertiary/aromatic N) is 1. The number of hydrogen-bond acceptors (Lipinski definition) is 4. The van der Waals surface area contributed by atoms with Crippen LogP contribution in [0.25, 0.3) is 0 Å². The molecule has 21 heavy (non-hydrogen) atoms. The summed E-state index contributed by atoms with van der Waals surface area (Å²) in [5.74, 6) is 5.67. The molecule has 1 aromatic heterocycles. The highest BCUT2D eigenvalue weighted by Crippen LogP contribution is 2.13. The molecule has 0 saturated heterocycles. The summed E-state index contributed by atoms with van der Waals surface area (Å²) in [7, 11) is 0. The van der Waals surface area contributed by atoms with Crippen LogP contribution in [-0.4, -0.2) is 17.4 Å². The van der Waals surface area contributed by atoms with Crippen molar-refractivity contribution in [3.05, 3.63) is 51.0 Å². The van der Waals surface area contributed by atoms with Gasteiger partial charge in [0.05, 0.1) is 23.8 Å². The van der Waals surface area contributed by atoms with Gasteiger partial charge in [-0.1, -0.05) is 17.9 Å². The fourth-order valence-corrected chi connectivity index (χ4v) is 2.53. The number of hydrogen-bond donors (Lipinski definition) is 2. The monoisotopic (exact) mass is 299 g/mol. The minimum absolute atomic E-state index is 0.116. The topological polar surface area (TPSA) is 68.0 Å². The summed E-state index contributed by atoms with van der Waals surface area (Å²) in [5.41, 5.74) is 8.58. The molecule has 3 N–H and O–H groups in total. The lowest BCUT2D eigenvalue weighted by Gasteiger charge is -2.08. The van der Waals surface area contributed by atoms with E-state index in [0.717, 1.165) is 21.8 Å². The Morgan fingerprint density at radius 3 is 2.90 bits per heavy atom. The molecule has 0 spiro atoms. The second-order valence-electron chi connectivity index (χ2n) is 4.52. The molecule has 0 radical (unpaired) electrons. The molecule has 0 saturated carbocycles. The average molecular weight is 299 g/mol. The summed E-state index contributed by atoms with van der Waals surface area (Å²) < 4.78 is 0. The van der Waals surface area contributed by atoms with Crippen LogP contribution in [0.15, 0.2) is 23.6 Å². The van der Waals surface area contributed by atoms with E-state index in [9.17, 15) is 4.79 Å². The highest BCUT2D eigenvalue weighted by Gasteiger charge is 2.11. The zero-order chi connectivity index (χ0) is 15.2. The Balaban J connectivity index is 2.12. The first-order chi connectivity index (χ1) is 10.1. The Bertz CT molecular complexity index is 710. The number of aromatic nitrogens is 1. The van der Waals surface area contributed by atoms with Gasteiger partial charge in [-0.3, -0.25) is 4.79 Å². The molecule has 0 bridgehead atoms. The normalized spacial score (nSPS) is 9.86. The largest absolute Gasteiger partial charge is 0.346 e. The minimum atomic E-state index is -0.116. The number of nitrogens with one attached hydrogen (secondary N) is 1. The SMILES string of the molecule is Cc1nc(CNC(=O)c2cccc(C#CCN)c2C)cs1. The molecule has 2 rings (SSSR count). The summed E-state index contributed by atoms with van der Waals surface area (Å²) >= 11 is 1.57. The van der Waals surface area contributed by atoms with Crippen molar-refractivity contribution >= 4 is 17.2 Å². The zero-order valence-corrected chi connectivity index (χ0v) is 12.9. The lowest BCUT2D eigenvalue weighted by Crippen LogP contribution is -2.24. The van der Waals surface area contributed by atoms with Gasteiger partial charge in [-0.2, -0.15) is 0 Å². The third-order valence-electron chi connectivity index (χ3n) is 3.00. The average Bonchev–Trinajstić information content (AvgIpc) is 2.89. The summed E-state index contributed by atoms with van der Waals surface area (Å²) in [6.45, 7) is 4.57. The lowest BCUT2D eigenvalue weighted by molar-refractivity contribution is 0.0950. The Kier molecular flexibility index (Phi) is 5.09.